The zero-order chi connectivity index (χ0) is 7.56. The molecule has 0 atom stereocenters. The molecule has 0 aliphatic rings. The van der Waals surface area contributed by atoms with E-state index < -0.39 is 0 Å². The quantitative estimate of drug-likeness (QED) is 0.711. The van der Waals surface area contributed by atoms with Gasteiger partial charge in [-0.2, -0.15) is 5.10 Å². The lowest BCUT2D eigenvalue weighted by Crippen LogP contribution is -1.97. The molecule has 0 aliphatic heterocycles. The molecular weight excluding hydrogens is 150 g/mol. The van der Waals surface area contributed by atoms with Crippen molar-refractivity contribution in [2.24, 2.45) is 0 Å². The molecule has 4 heteroatoms. The van der Waals surface area contributed by atoms with Crippen LogP contribution < -0.4 is 5.73 Å². The van der Waals surface area contributed by atoms with Gasteiger partial charge in [0.25, 0.3) is 0 Å². The van der Waals surface area contributed by atoms with Gasteiger partial charge in [-0.1, -0.05) is 18.5 Å². The highest BCUT2D eigenvalue weighted by Gasteiger charge is 1.99. The van der Waals surface area contributed by atoms with Crippen molar-refractivity contribution in [3.8, 4) is 0 Å². The molecule has 0 unspecified atom stereocenters. The van der Waals surface area contributed by atoms with Crippen molar-refractivity contribution >= 4 is 17.4 Å². The third-order valence-corrected chi connectivity index (χ3v) is 1.49. The molecule has 56 valence electrons. The van der Waals surface area contributed by atoms with Crippen LogP contribution in [0.25, 0.3) is 0 Å². The molecule has 0 aromatic carbocycles. The van der Waals surface area contributed by atoms with Crippen LogP contribution in [0.4, 0.5) is 5.82 Å². The number of nitrogens with zero attached hydrogens (tertiary/aromatic N) is 2. The highest BCUT2D eigenvalue weighted by atomic mass is 35.5. The molecule has 1 heterocycles. The Hall–Kier alpha value is -0.700. The Bertz CT molecular complexity index is 199. The average molecular weight is 160 g/mol. The number of aromatic nitrogens is 2. The normalized spacial score (nSPS) is 10.2. The first-order valence-corrected chi connectivity index (χ1v) is 3.60. The van der Waals surface area contributed by atoms with Gasteiger partial charge >= 0.3 is 0 Å². The number of rotatable bonds is 2. The van der Waals surface area contributed by atoms with Crippen LogP contribution in [0.3, 0.4) is 0 Å². The molecule has 0 saturated carbocycles. The Morgan fingerprint density at radius 3 is 2.90 bits per heavy atom. The third-order valence-electron chi connectivity index (χ3n) is 1.20. The lowest BCUT2D eigenvalue weighted by atomic mass is 10.5. The number of hydrogen-bond donors (Lipinski definition) is 1. The van der Waals surface area contributed by atoms with Gasteiger partial charge in [0, 0.05) is 12.7 Å². The summed E-state index contributed by atoms with van der Waals surface area (Å²) in [6.45, 7) is 2.95. The standard InChI is InChI=1S/C6H10ClN3/c1-2-3-10-4-5(7)6(8)9-10/h4H,2-3H2,1H3,(H2,8,9). The summed E-state index contributed by atoms with van der Waals surface area (Å²) in [5, 5.41) is 4.50. The van der Waals surface area contributed by atoms with Gasteiger partial charge in [0.05, 0.1) is 0 Å². The van der Waals surface area contributed by atoms with Crippen molar-refractivity contribution in [3.63, 3.8) is 0 Å². The average Bonchev–Trinajstić information content (AvgIpc) is 2.14. The van der Waals surface area contributed by atoms with E-state index in [1.54, 1.807) is 10.9 Å². The molecule has 0 aliphatic carbocycles. The summed E-state index contributed by atoms with van der Waals surface area (Å²) in [7, 11) is 0. The maximum atomic E-state index is 5.66. The highest BCUT2D eigenvalue weighted by Crippen LogP contribution is 2.14. The van der Waals surface area contributed by atoms with Gasteiger partial charge in [-0.15, -0.1) is 0 Å². The fraction of sp³-hybridized carbons (Fsp3) is 0.500. The van der Waals surface area contributed by atoms with E-state index in [-0.39, 0.29) is 0 Å². The molecule has 2 N–H and O–H groups in total. The molecule has 0 amide bonds. The van der Waals surface area contributed by atoms with E-state index in [9.17, 15) is 0 Å². The summed E-state index contributed by atoms with van der Waals surface area (Å²) in [6, 6.07) is 0. The topological polar surface area (TPSA) is 43.8 Å². The summed E-state index contributed by atoms with van der Waals surface area (Å²) in [5.41, 5.74) is 5.41. The van der Waals surface area contributed by atoms with Crippen LogP contribution in [0.1, 0.15) is 13.3 Å². The Labute approximate surface area is 64.8 Å². The van der Waals surface area contributed by atoms with Gasteiger partial charge < -0.3 is 5.73 Å². The van der Waals surface area contributed by atoms with E-state index in [2.05, 4.69) is 12.0 Å². The summed E-state index contributed by atoms with van der Waals surface area (Å²) < 4.78 is 1.75. The first kappa shape index (κ1) is 7.41. The van der Waals surface area contributed by atoms with Gasteiger partial charge in [0.1, 0.15) is 5.02 Å². The van der Waals surface area contributed by atoms with E-state index in [1.807, 2.05) is 0 Å². The van der Waals surface area contributed by atoms with E-state index in [0.29, 0.717) is 10.8 Å². The maximum absolute atomic E-state index is 5.66. The first-order valence-electron chi connectivity index (χ1n) is 3.22. The van der Waals surface area contributed by atoms with Gasteiger partial charge in [-0.05, 0) is 6.42 Å². The van der Waals surface area contributed by atoms with E-state index >= 15 is 0 Å². The van der Waals surface area contributed by atoms with Crippen molar-refractivity contribution in [1.82, 2.24) is 9.78 Å². The highest BCUT2D eigenvalue weighted by molar-refractivity contribution is 6.32. The SMILES string of the molecule is CCCn1cc(Cl)c(N)n1. The Morgan fingerprint density at radius 2 is 2.50 bits per heavy atom. The van der Waals surface area contributed by atoms with Crippen molar-refractivity contribution in [2.45, 2.75) is 19.9 Å². The zero-order valence-corrected chi connectivity index (χ0v) is 6.60. The summed E-state index contributed by atoms with van der Waals surface area (Å²) in [4.78, 5) is 0. The minimum absolute atomic E-state index is 0.412. The molecule has 0 saturated heterocycles. The summed E-state index contributed by atoms with van der Waals surface area (Å²) >= 11 is 5.66. The van der Waals surface area contributed by atoms with Crippen LogP contribution >= 0.6 is 11.6 Å². The molecule has 1 rings (SSSR count). The fourth-order valence-corrected chi connectivity index (χ4v) is 0.906. The van der Waals surface area contributed by atoms with E-state index in [0.717, 1.165) is 13.0 Å². The van der Waals surface area contributed by atoms with Gasteiger partial charge in [-0.3, -0.25) is 4.68 Å². The molecule has 0 bridgehead atoms. The second-order valence-electron chi connectivity index (χ2n) is 2.13. The second kappa shape index (κ2) is 2.92. The van der Waals surface area contributed by atoms with E-state index in [1.165, 1.54) is 0 Å². The lowest BCUT2D eigenvalue weighted by molar-refractivity contribution is 0.605. The predicted molar refractivity (Wildman–Crippen MR) is 41.9 cm³/mol. The third kappa shape index (κ3) is 1.42. The monoisotopic (exact) mass is 159 g/mol. The van der Waals surface area contributed by atoms with Gasteiger partial charge in [0.15, 0.2) is 5.82 Å². The smallest absolute Gasteiger partial charge is 0.164 e. The number of hydrogen-bond acceptors (Lipinski definition) is 2. The minimum atomic E-state index is 0.412. The number of halogens is 1. The number of anilines is 1. The number of nitrogen functional groups attached to an aromatic ring is 1. The first-order chi connectivity index (χ1) is 4.74. The maximum Gasteiger partial charge on any atom is 0.164 e. The van der Waals surface area contributed by atoms with Gasteiger partial charge in [0.2, 0.25) is 0 Å². The lowest BCUT2D eigenvalue weighted by Gasteiger charge is -1.93. The van der Waals surface area contributed by atoms with Crippen molar-refractivity contribution in [3.05, 3.63) is 11.2 Å². The molecule has 0 radical (unpaired) electrons. The van der Waals surface area contributed by atoms with Gasteiger partial charge in [-0.25, -0.2) is 0 Å². The van der Waals surface area contributed by atoms with Crippen molar-refractivity contribution < 1.29 is 0 Å². The number of nitrogens with two attached hydrogens (primary N) is 1. The van der Waals surface area contributed by atoms with Crippen LogP contribution in [0.2, 0.25) is 5.02 Å². The summed E-state index contributed by atoms with van der Waals surface area (Å²) in [5.74, 6) is 0.412. The van der Waals surface area contributed by atoms with Crippen molar-refractivity contribution in [1.29, 1.82) is 0 Å². The molecule has 1 aromatic heterocycles. The van der Waals surface area contributed by atoms with Crippen LogP contribution in [0.5, 0.6) is 0 Å². The minimum Gasteiger partial charge on any atom is -0.381 e. The van der Waals surface area contributed by atoms with Crippen LogP contribution in [0, 0.1) is 0 Å². The second-order valence-corrected chi connectivity index (χ2v) is 2.53. The van der Waals surface area contributed by atoms with E-state index in [4.69, 9.17) is 17.3 Å². The van der Waals surface area contributed by atoms with Crippen LogP contribution in [-0.2, 0) is 6.54 Å². The van der Waals surface area contributed by atoms with Crippen molar-refractivity contribution in [2.75, 3.05) is 5.73 Å². The Kier molecular flexibility index (Phi) is 2.17. The molecule has 1 aromatic rings. The summed E-state index contributed by atoms with van der Waals surface area (Å²) in [6.07, 6.45) is 2.78. The molecule has 10 heavy (non-hydrogen) atoms. The van der Waals surface area contributed by atoms with Crippen LogP contribution in [0.15, 0.2) is 6.20 Å². The molecular formula is C6H10ClN3. The molecule has 0 spiro atoms. The number of aryl methyl sites for hydroxylation is 1. The zero-order valence-electron chi connectivity index (χ0n) is 5.84. The Balaban J connectivity index is 2.77. The predicted octanol–water partition coefficient (Wildman–Crippen LogP) is 1.53. The molecule has 0 fully saturated rings. The Morgan fingerprint density at radius 1 is 1.80 bits per heavy atom. The molecule has 3 nitrogen and oxygen atoms in total. The van der Waals surface area contributed by atoms with Crippen LogP contribution in [-0.4, -0.2) is 9.78 Å². The fourth-order valence-electron chi connectivity index (χ4n) is 0.756. The largest absolute Gasteiger partial charge is 0.381 e.